The van der Waals surface area contributed by atoms with Gasteiger partial charge in [0.15, 0.2) is 0 Å². The predicted octanol–water partition coefficient (Wildman–Crippen LogP) is 1.21. The average Bonchev–Trinajstić information content (AvgIpc) is 2.83. The third kappa shape index (κ3) is 10.3. The smallest absolute Gasteiger partial charge is 0.307 e. The van der Waals surface area contributed by atoms with Crippen molar-refractivity contribution in [3.8, 4) is 0 Å². The Labute approximate surface area is 134 Å². The predicted molar refractivity (Wildman–Crippen MR) is 87.1 cm³/mol. The Morgan fingerprint density at radius 2 is 1.17 bits per heavy atom. The maximum atomic E-state index is 10.3. The first-order valence-corrected chi connectivity index (χ1v) is 6.58. The van der Waals surface area contributed by atoms with Crippen molar-refractivity contribution in [2.75, 3.05) is 0 Å². The van der Waals surface area contributed by atoms with Crippen LogP contribution < -0.4 is 10.6 Å². The van der Waals surface area contributed by atoms with Gasteiger partial charge in [0.05, 0.1) is 12.8 Å². The van der Waals surface area contributed by atoms with E-state index >= 15 is 0 Å². The van der Waals surface area contributed by atoms with E-state index in [4.69, 9.17) is 10.2 Å². The summed E-state index contributed by atoms with van der Waals surface area (Å²) in [5.41, 5.74) is 1.53. The Kier molecular flexibility index (Phi) is 10.0. The van der Waals surface area contributed by atoms with Crippen LogP contribution in [0.5, 0.6) is 0 Å². The quantitative estimate of drug-likeness (QED) is 0.616. The van der Waals surface area contributed by atoms with Crippen molar-refractivity contribution in [3.63, 3.8) is 0 Å². The molecule has 23 heavy (non-hydrogen) atoms. The minimum absolute atomic E-state index is 0. The molecule has 2 rings (SSSR count). The number of hydrogen-bond acceptors (Lipinski definition) is 4. The van der Waals surface area contributed by atoms with Crippen molar-refractivity contribution in [3.05, 3.63) is 72.4 Å². The molecule has 0 saturated heterocycles. The van der Waals surface area contributed by atoms with E-state index in [-0.39, 0.29) is 18.3 Å². The number of allylic oxidation sites excluding steroid dienone is 6. The maximum Gasteiger partial charge on any atom is 0.307 e. The lowest BCUT2D eigenvalue weighted by molar-refractivity contribution is -0.137. The first kappa shape index (κ1) is 19.9. The molecule has 0 aromatic rings. The van der Waals surface area contributed by atoms with Crippen LogP contribution in [0.4, 0.5) is 0 Å². The van der Waals surface area contributed by atoms with Gasteiger partial charge in [0.2, 0.25) is 0 Å². The fourth-order valence-electron chi connectivity index (χ4n) is 1.56. The molecule has 0 fully saturated rings. The van der Waals surface area contributed by atoms with Crippen molar-refractivity contribution < 1.29 is 25.3 Å². The zero-order valence-electron chi connectivity index (χ0n) is 12.4. The van der Waals surface area contributed by atoms with Gasteiger partial charge in [-0.2, -0.15) is 0 Å². The Bertz CT molecular complexity index is 531. The van der Waals surface area contributed by atoms with E-state index < -0.39 is 11.9 Å². The minimum Gasteiger partial charge on any atom is -0.481 e. The highest BCUT2D eigenvalue weighted by Gasteiger charge is 2.00. The van der Waals surface area contributed by atoms with Gasteiger partial charge in [-0.05, 0) is 23.3 Å². The van der Waals surface area contributed by atoms with E-state index in [0.717, 1.165) is 11.1 Å². The van der Waals surface area contributed by atoms with Crippen LogP contribution in [0.1, 0.15) is 12.8 Å². The molecule has 0 spiro atoms. The van der Waals surface area contributed by atoms with E-state index in [9.17, 15) is 9.59 Å². The Hall–Kier alpha value is -3.06. The standard InChI is InChI=1S/2C8H9NO2.H2O/c2*10-8(11)5-7-3-1-2-4-9-6-7;/h2*1-4,6,9H,5H2,(H,10,11);1H2. The first-order chi connectivity index (χ1) is 10.6. The third-order valence-corrected chi connectivity index (χ3v) is 2.48. The van der Waals surface area contributed by atoms with Gasteiger partial charge in [0.1, 0.15) is 0 Å². The number of rotatable bonds is 4. The van der Waals surface area contributed by atoms with E-state index in [1.807, 2.05) is 12.2 Å². The van der Waals surface area contributed by atoms with Crippen LogP contribution >= 0.6 is 0 Å². The van der Waals surface area contributed by atoms with Crippen molar-refractivity contribution in [2.24, 2.45) is 0 Å². The highest BCUT2D eigenvalue weighted by atomic mass is 16.4. The Morgan fingerprint density at radius 1 is 0.783 bits per heavy atom. The Morgan fingerprint density at radius 3 is 1.52 bits per heavy atom. The monoisotopic (exact) mass is 320 g/mol. The van der Waals surface area contributed by atoms with Crippen LogP contribution in [0.15, 0.2) is 72.4 Å². The number of carbonyl (C=O) groups is 2. The molecule has 0 aromatic carbocycles. The summed E-state index contributed by atoms with van der Waals surface area (Å²) >= 11 is 0. The molecule has 0 aliphatic carbocycles. The van der Waals surface area contributed by atoms with Gasteiger partial charge in [-0.1, -0.05) is 24.3 Å². The summed E-state index contributed by atoms with van der Waals surface area (Å²) in [6.07, 6.45) is 17.7. The molecule has 0 bridgehead atoms. The SMILES string of the molecule is O.O=C(O)CC1=CNC=CC=C1.O=C(O)CC1=CNC=CC=C1. The highest BCUT2D eigenvalue weighted by molar-refractivity contribution is 5.71. The summed E-state index contributed by atoms with van der Waals surface area (Å²) in [6, 6.07) is 0. The van der Waals surface area contributed by atoms with E-state index in [1.54, 1.807) is 49.1 Å². The second-order valence-electron chi connectivity index (χ2n) is 4.35. The summed E-state index contributed by atoms with van der Waals surface area (Å²) in [5.74, 6) is -1.63. The lowest BCUT2D eigenvalue weighted by Crippen LogP contribution is -1.99. The van der Waals surface area contributed by atoms with Crippen molar-refractivity contribution in [1.29, 1.82) is 0 Å². The summed E-state index contributed by atoms with van der Waals surface area (Å²) < 4.78 is 0. The molecule has 0 radical (unpaired) electrons. The zero-order chi connectivity index (χ0) is 16.2. The Balaban J connectivity index is 0.000000403. The molecular formula is C16H20N2O5. The van der Waals surface area contributed by atoms with Gasteiger partial charge < -0.3 is 26.3 Å². The van der Waals surface area contributed by atoms with E-state index in [0.29, 0.717) is 0 Å². The molecule has 0 atom stereocenters. The average molecular weight is 320 g/mol. The van der Waals surface area contributed by atoms with Crippen molar-refractivity contribution in [2.45, 2.75) is 12.8 Å². The molecule has 2 aliphatic rings. The molecule has 2 heterocycles. The van der Waals surface area contributed by atoms with Crippen LogP contribution in [0.3, 0.4) is 0 Å². The molecule has 7 heteroatoms. The number of hydrogen-bond donors (Lipinski definition) is 4. The molecule has 2 aliphatic heterocycles. The lowest BCUT2D eigenvalue weighted by atomic mass is 10.2. The van der Waals surface area contributed by atoms with Crippen molar-refractivity contribution in [1.82, 2.24) is 10.6 Å². The van der Waals surface area contributed by atoms with Crippen LogP contribution in [-0.4, -0.2) is 27.6 Å². The van der Waals surface area contributed by atoms with Gasteiger partial charge in [-0.25, -0.2) is 0 Å². The van der Waals surface area contributed by atoms with Crippen LogP contribution in [0.25, 0.3) is 0 Å². The number of nitrogens with one attached hydrogen (secondary N) is 2. The molecule has 7 nitrogen and oxygen atoms in total. The summed E-state index contributed by atoms with van der Waals surface area (Å²) in [4.78, 5) is 20.5. The van der Waals surface area contributed by atoms with Gasteiger partial charge in [0, 0.05) is 24.8 Å². The normalized spacial score (nSPS) is 14.4. The summed E-state index contributed by atoms with van der Waals surface area (Å²) in [6.45, 7) is 0. The molecule has 0 unspecified atom stereocenters. The highest BCUT2D eigenvalue weighted by Crippen LogP contribution is 2.04. The fraction of sp³-hybridized carbons (Fsp3) is 0.125. The first-order valence-electron chi connectivity index (χ1n) is 6.58. The summed E-state index contributed by atoms with van der Waals surface area (Å²) in [5, 5.41) is 22.5. The summed E-state index contributed by atoms with van der Waals surface area (Å²) in [7, 11) is 0. The number of aliphatic carboxylic acids is 2. The van der Waals surface area contributed by atoms with E-state index in [1.165, 1.54) is 0 Å². The lowest BCUT2D eigenvalue weighted by Gasteiger charge is -1.94. The second kappa shape index (κ2) is 11.6. The van der Waals surface area contributed by atoms with Gasteiger partial charge in [-0.15, -0.1) is 0 Å². The molecule has 0 saturated carbocycles. The number of carboxylic acids is 2. The zero-order valence-corrected chi connectivity index (χ0v) is 12.4. The van der Waals surface area contributed by atoms with Gasteiger partial charge in [-0.3, -0.25) is 9.59 Å². The van der Waals surface area contributed by atoms with E-state index in [2.05, 4.69) is 10.6 Å². The van der Waals surface area contributed by atoms with Crippen molar-refractivity contribution >= 4 is 11.9 Å². The largest absolute Gasteiger partial charge is 0.481 e. The minimum atomic E-state index is -0.815. The van der Waals surface area contributed by atoms with Gasteiger partial charge in [0.25, 0.3) is 0 Å². The second-order valence-corrected chi connectivity index (χ2v) is 4.35. The topological polar surface area (TPSA) is 130 Å². The number of carboxylic acid groups (broad SMARTS) is 2. The molecule has 0 amide bonds. The van der Waals surface area contributed by atoms with Crippen LogP contribution in [0, 0.1) is 0 Å². The molecule has 0 aromatic heterocycles. The molecule has 6 N–H and O–H groups in total. The third-order valence-electron chi connectivity index (χ3n) is 2.48. The van der Waals surface area contributed by atoms with Crippen LogP contribution in [0.2, 0.25) is 0 Å². The maximum absolute atomic E-state index is 10.3. The molecular weight excluding hydrogens is 300 g/mol. The van der Waals surface area contributed by atoms with Gasteiger partial charge >= 0.3 is 11.9 Å². The fourth-order valence-corrected chi connectivity index (χ4v) is 1.56. The molecule has 124 valence electrons. The van der Waals surface area contributed by atoms with Crippen LogP contribution in [-0.2, 0) is 9.59 Å².